The molecule has 26 heavy (non-hydrogen) atoms. The molecule has 0 aliphatic carbocycles. The first kappa shape index (κ1) is 23.1. The normalized spacial score (nSPS) is 16.9. The summed E-state index contributed by atoms with van der Waals surface area (Å²) in [7, 11) is 5.79. The number of hydrogen-bond donors (Lipinski definition) is 2. The van der Waals surface area contributed by atoms with Crippen LogP contribution in [-0.2, 0) is 0 Å². The van der Waals surface area contributed by atoms with Gasteiger partial charge in [-0.1, -0.05) is 18.6 Å². The maximum Gasteiger partial charge on any atom is 0.191 e. The van der Waals surface area contributed by atoms with Crippen LogP contribution in [0.25, 0.3) is 0 Å². The quantitative estimate of drug-likeness (QED) is 0.360. The molecule has 1 aliphatic heterocycles. The standard InChI is InChI=1S/C19H32FN5.HI/c1-21-19(22-10-13-25-11-5-4-6-12-25)23-15-18(24(2)3)16-8-7-9-17(20)14-16;/h7-9,14,18H,4-6,10-13,15H2,1-3H3,(H2,21,22,23);1H. The molecule has 0 saturated carbocycles. The summed E-state index contributed by atoms with van der Waals surface area (Å²) < 4.78 is 13.5. The van der Waals surface area contributed by atoms with Crippen molar-refractivity contribution in [3.63, 3.8) is 0 Å². The Bertz CT molecular complexity index is 546. The van der Waals surface area contributed by atoms with Gasteiger partial charge in [0.1, 0.15) is 5.82 Å². The maximum absolute atomic E-state index is 13.5. The molecule has 0 spiro atoms. The number of piperidine rings is 1. The summed E-state index contributed by atoms with van der Waals surface area (Å²) in [5.41, 5.74) is 0.960. The van der Waals surface area contributed by atoms with Crippen LogP contribution >= 0.6 is 24.0 Å². The zero-order chi connectivity index (χ0) is 18.1. The lowest BCUT2D eigenvalue weighted by Gasteiger charge is -2.28. The fraction of sp³-hybridized carbons (Fsp3) is 0.632. The summed E-state index contributed by atoms with van der Waals surface area (Å²) in [6.07, 6.45) is 3.98. The molecule has 1 heterocycles. The Morgan fingerprint density at radius 1 is 1.23 bits per heavy atom. The second-order valence-electron chi connectivity index (χ2n) is 6.82. The molecular weight excluding hydrogens is 444 g/mol. The van der Waals surface area contributed by atoms with Crippen molar-refractivity contribution in [1.82, 2.24) is 20.4 Å². The molecule has 1 aromatic rings. The van der Waals surface area contributed by atoms with Crippen LogP contribution in [0, 0.1) is 5.82 Å². The van der Waals surface area contributed by atoms with Gasteiger partial charge in [0.25, 0.3) is 0 Å². The molecule has 1 atom stereocenters. The first-order valence-corrected chi connectivity index (χ1v) is 9.19. The van der Waals surface area contributed by atoms with Gasteiger partial charge in [0, 0.05) is 26.7 Å². The van der Waals surface area contributed by atoms with Crippen molar-refractivity contribution in [1.29, 1.82) is 0 Å². The van der Waals surface area contributed by atoms with E-state index in [0.717, 1.165) is 24.6 Å². The average molecular weight is 477 g/mol. The first-order valence-electron chi connectivity index (χ1n) is 9.19. The molecule has 1 unspecified atom stereocenters. The molecule has 1 saturated heterocycles. The van der Waals surface area contributed by atoms with Gasteiger partial charge in [-0.2, -0.15) is 0 Å². The lowest BCUT2D eigenvalue weighted by Crippen LogP contribution is -2.44. The van der Waals surface area contributed by atoms with Crippen molar-refractivity contribution in [2.45, 2.75) is 25.3 Å². The molecule has 5 nitrogen and oxygen atoms in total. The molecule has 1 fully saturated rings. The number of benzene rings is 1. The van der Waals surface area contributed by atoms with Gasteiger partial charge in [-0.05, 0) is 57.7 Å². The lowest BCUT2D eigenvalue weighted by molar-refractivity contribution is 0.232. The third kappa shape index (κ3) is 7.75. The SMILES string of the molecule is CN=C(NCCN1CCCCC1)NCC(c1cccc(F)c1)N(C)C.I. The van der Waals surface area contributed by atoms with E-state index in [9.17, 15) is 4.39 Å². The van der Waals surface area contributed by atoms with Gasteiger partial charge >= 0.3 is 0 Å². The third-order valence-electron chi connectivity index (χ3n) is 4.71. The van der Waals surface area contributed by atoms with Crippen LogP contribution in [0.5, 0.6) is 0 Å². The highest BCUT2D eigenvalue weighted by atomic mass is 127. The fourth-order valence-electron chi connectivity index (χ4n) is 3.24. The van der Waals surface area contributed by atoms with Gasteiger partial charge in [0.05, 0.1) is 6.04 Å². The zero-order valence-electron chi connectivity index (χ0n) is 16.2. The number of hydrogen-bond acceptors (Lipinski definition) is 3. The smallest absolute Gasteiger partial charge is 0.191 e. The van der Waals surface area contributed by atoms with E-state index >= 15 is 0 Å². The van der Waals surface area contributed by atoms with Crippen molar-refractivity contribution in [2.24, 2.45) is 4.99 Å². The molecule has 0 amide bonds. The molecule has 0 bridgehead atoms. The molecule has 2 N–H and O–H groups in total. The van der Waals surface area contributed by atoms with E-state index in [1.807, 2.05) is 20.2 Å². The highest BCUT2D eigenvalue weighted by molar-refractivity contribution is 14.0. The van der Waals surface area contributed by atoms with E-state index in [1.165, 1.54) is 38.4 Å². The molecule has 7 heteroatoms. The minimum Gasteiger partial charge on any atom is -0.355 e. The number of rotatable bonds is 7. The van der Waals surface area contributed by atoms with Crippen LogP contribution < -0.4 is 10.6 Å². The summed E-state index contributed by atoms with van der Waals surface area (Å²) in [5, 5.41) is 6.74. The van der Waals surface area contributed by atoms with Crippen LogP contribution in [0.2, 0.25) is 0 Å². The van der Waals surface area contributed by atoms with Gasteiger partial charge < -0.3 is 20.4 Å². The minimum absolute atomic E-state index is 0. The number of nitrogens with zero attached hydrogens (tertiary/aromatic N) is 3. The van der Waals surface area contributed by atoms with Crippen LogP contribution in [-0.4, -0.2) is 69.6 Å². The zero-order valence-corrected chi connectivity index (χ0v) is 18.5. The molecule has 1 aromatic carbocycles. The number of aliphatic imine (C=N–C) groups is 1. The second kappa shape index (κ2) is 12.5. The first-order chi connectivity index (χ1) is 12.1. The van der Waals surface area contributed by atoms with Gasteiger partial charge in [0.2, 0.25) is 0 Å². The number of guanidine groups is 1. The van der Waals surface area contributed by atoms with Crippen LogP contribution in [0.15, 0.2) is 29.3 Å². The maximum atomic E-state index is 13.5. The summed E-state index contributed by atoms with van der Waals surface area (Å²) in [6, 6.07) is 6.87. The molecule has 2 rings (SSSR count). The Kier molecular flexibility index (Phi) is 11.1. The summed E-state index contributed by atoms with van der Waals surface area (Å²) in [6.45, 7) is 5.00. The van der Waals surface area contributed by atoms with Gasteiger partial charge in [0.15, 0.2) is 5.96 Å². The Labute approximate surface area is 174 Å². The Hall–Kier alpha value is -0.930. The average Bonchev–Trinajstić information content (AvgIpc) is 2.61. The van der Waals surface area contributed by atoms with E-state index in [0.29, 0.717) is 6.54 Å². The predicted molar refractivity (Wildman–Crippen MR) is 118 cm³/mol. The van der Waals surface area contributed by atoms with Crippen molar-refractivity contribution >= 4 is 29.9 Å². The molecule has 1 aliphatic rings. The number of likely N-dealkylation sites (N-methyl/N-ethyl adjacent to an activating group) is 1. The Morgan fingerprint density at radius 2 is 1.96 bits per heavy atom. The Balaban J connectivity index is 0.00000338. The highest BCUT2D eigenvalue weighted by Crippen LogP contribution is 2.18. The van der Waals surface area contributed by atoms with E-state index in [-0.39, 0.29) is 35.8 Å². The second-order valence-corrected chi connectivity index (χ2v) is 6.82. The molecule has 0 aromatic heterocycles. The van der Waals surface area contributed by atoms with E-state index in [1.54, 1.807) is 19.2 Å². The summed E-state index contributed by atoms with van der Waals surface area (Å²) in [5.74, 6) is 0.591. The van der Waals surface area contributed by atoms with Gasteiger partial charge in [-0.3, -0.25) is 4.99 Å². The van der Waals surface area contributed by atoms with Crippen molar-refractivity contribution in [2.75, 3.05) is 53.9 Å². The van der Waals surface area contributed by atoms with Crippen molar-refractivity contribution in [3.05, 3.63) is 35.6 Å². The Morgan fingerprint density at radius 3 is 2.58 bits per heavy atom. The van der Waals surface area contributed by atoms with Crippen molar-refractivity contribution < 1.29 is 4.39 Å². The minimum atomic E-state index is -0.201. The van der Waals surface area contributed by atoms with Crippen LogP contribution in [0.1, 0.15) is 30.9 Å². The topological polar surface area (TPSA) is 42.9 Å². The van der Waals surface area contributed by atoms with Crippen molar-refractivity contribution in [3.8, 4) is 0 Å². The van der Waals surface area contributed by atoms with Crippen LogP contribution in [0.4, 0.5) is 4.39 Å². The number of likely N-dealkylation sites (tertiary alicyclic amines) is 1. The highest BCUT2D eigenvalue weighted by Gasteiger charge is 2.15. The summed E-state index contributed by atoms with van der Waals surface area (Å²) >= 11 is 0. The predicted octanol–water partition coefficient (Wildman–Crippen LogP) is 2.70. The van der Waals surface area contributed by atoms with E-state index in [4.69, 9.17) is 0 Å². The van der Waals surface area contributed by atoms with E-state index in [2.05, 4.69) is 25.4 Å². The summed E-state index contributed by atoms with van der Waals surface area (Å²) in [4.78, 5) is 8.88. The molecular formula is C19H33FIN5. The number of halogens is 2. The van der Waals surface area contributed by atoms with Crippen LogP contribution in [0.3, 0.4) is 0 Å². The van der Waals surface area contributed by atoms with Gasteiger partial charge in [-0.25, -0.2) is 4.39 Å². The third-order valence-corrected chi connectivity index (χ3v) is 4.71. The monoisotopic (exact) mass is 477 g/mol. The van der Waals surface area contributed by atoms with Gasteiger partial charge in [-0.15, -0.1) is 24.0 Å². The largest absolute Gasteiger partial charge is 0.355 e. The lowest BCUT2D eigenvalue weighted by atomic mass is 10.1. The number of nitrogens with one attached hydrogen (secondary N) is 2. The van der Waals surface area contributed by atoms with E-state index < -0.39 is 0 Å². The molecule has 0 radical (unpaired) electrons. The molecule has 148 valence electrons. The fourth-order valence-corrected chi connectivity index (χ4v) is 3.24.